The molecule has 0 radical (unpaired) electrons. The number of halogens is 2. The number of ketones is 1. The highest BCUT2D eigenvalue weighted by molar-refractivity contribution is 6.37. The van der Waals surface area contributed by atoms with Crippen LogP contribution in [0.15, 0.2) is 42.5 Å². The largest absolute Gasteiger partial charge is 0.375 e. The van der Waals surface area contributed by atoms with Gasteiger partial charge in [-0.15, -0.1) is 0 Å². The van der Waals surface area contributed by atoms with Gasteiger partial charge in [-0.2, -0.15) is 0 Å². The molecule has 1 atom stereocenters. The topological polar surface area (TPSA) is 66.4 Å². The van der Waals surface area contributed by atoms with Gasteiger partial charge in [-0.3, -0.25) is 9.59 Å². The van der Waals surface area contributed by atoms with Crippen molar-refractivity contribution >= 4 is 40.6 Å². The molecule has 0 saturated carbocycles. The van der Waals surface area contributed by atoms with Crippen LogP contribution >= 0.6 is 23.2 Å². The molecular formula is C16H11Cl2NO3. The molecule has 0 bridgehead atoms. The summed E-state index contributed by atoms with van der Waals surface area (Å²) in [5, 5.41) is 13.9. The molecule has 1 heterocycles. The van der Waals surface area contributed by atoms with Crippen LogP contribution in [0, 0.1) is 0 Å². The third-order valence-corrected chi connectivity index (χ3v) is 4.19. The maximum absolute atomic E-state index is 12.4. The summed E-state index contributed by atoms with van der Waals surface area (Å²) in [5.41, 5.74) is -0.781. The van der Waals surface area contributed by atoms with E-state index < -0.39 is 23.7 Å². The Bertz CT molecular complexity index is 791. The molecule has 2 aromatic carbocycles. The predicted molar refractivity (Wildman–Crippen MR) is 84.4 cm³/mol. The van der Waals surface area contributed by atoms with Crippen LogP contribution in [-0.4, -0.2) is 16.8 Å². The summed E-state index contributed by atoms with van der Waals surface area (Å²) in [6, 6.07) is 11.2. The van der Waals surface area contributed by atoms with Crippen molar-refractivity contribution in [3.05, 3.63) is 63.6 Å². The zero-order chi connectivity index (χ0) is 15.9. The monoisotopic (exact) mass is 335 g/mol. The first-order valence-electron chi connectivity index (χ1n) is 6.53. The van der Waals surface area contributed by atoms with Gasteiger partial charge in [-0.25, -0.2) is 0 Å². The maximum Gasteiger partial charge on any atom is 0.261 e. The Kier molecular flexibility index (Phi) is 3.68. The lowest BCUT2D eigenvalue weighted by Crippen LogP contribution is -2.36. The molecule has 1 aliphatic rings. The maximum atomic E-state index is 12.4. The molecule has 0 unspecified atom stereocenters. The number of hydrogen-bond donors (Lipinski definition) is 2. The van der Waals surface area contributed by atoms with Crippen molar-refractivity contribution in [1.82, 2.24) is 0 Å². The molecule has 0 saturated heterocycles. The highest BCUT2D eigenvalue weighted by Gasteiger charge is 2.46. The van der Waals surface area contributed by atoms with E-state index in [4.69, 9.17) is 23.2 Å². The number of carbonyl (C=O) groups is 2. The van der Waals surface area contributed by atoms with E-state index >= 15 is 0 Å². The van der Waals surface area contributed by atoms with Gasteiger partial charge in [-0.05, 0) is 24.3 Å². The summed E-state index contributed by atoms with van der Waals surface area (Å²) in [6.07, 6.45) is -0.392. The van der Waals surface area contributed by atoms with Crippen LogP contribution in [0.25, 0.3) is 0 Å². The molecule has 0 aliphatic carbocycles. The zero-order valence-corrected chi connectivity index (χ0v) is 12.8. The molecule has 0 aromatic heterocycles. The van der Waals surface area contributed by atoms with Gasteiger partial charge >= 0.3 is 0 Å². The zero-order valence-electron chi connectivity index (χ0n) is 11.3. The van der Waals surface area contributed by atoms with Crippen molar-refractivity contribution in [3.63, 3.8) is 0 Å². The summed E-state index contributed by atoms with van der Waals surface area (Å²) >= 11 is 11.8. The van der Waals surface area contributed by atoms with Gasteiger partial charge in [0.2, 0.25) is 0 Å². The van der Waals surface area contributed by atoms with Gasteiger partial charge in [-0.1, -0.05) is 41.4 Å². The smallest absolute Gasteiger partial charge is 0.261 e. The number of carbonyl (C=O) groups excluding carboxylic acids is 2. The van der Waals surface area contributed by atoms with Crippen molar-refractivity contribution in [3.8, 4) is 0 Å². The van der Waals surface area contributed by atoms with Crippen molar-refractivity contribution < 1.29 is 14.7 Å². The summed E-state index contributed by atoms with van der Waals surface area (Å²) in [4.78, 5) is 24.5. The normalized spacial score (nSPS) is 19.7. The minimum Gasteiger partial charge on any atom is -0.375 e. The Morgan fingerprint density at radius 2 is 1.91 bits per heavy atom. The van der Waals surface area contributed by atoms with Crippen molar-refractivity contribution in [2.45, 2.75) is 12.0 Å². The number of para-hydroxylation sites is 1. The molecule has 4 nitrogen and oxygen atoms in total. The van der Waals surface area contributed by atoms with Crippen molar-refractivity contribution in [1.29, 1.82) is 0 Å². The van der Waals surface area contributed by atoms with Crippen LogP contribution in [0.1, 0.15) is 22.3 Å². The second-order valence-electron chi connectivity index (χ2n) is 5.08. The number of nitrogens with one attached hydrogen (secondary N) is 1. The Labute approximate surface area is 136 Å². The molecule has 0 spiro atoms. The molecule has 112 valence electrons. The second kappa shape index (κ2) is 5.39. The summed E-state index contributed by atoms with van der Waals surface area (Å²) in [5.74, 6) is -1.05. The van der Waals surface area contributed by atoms with E-state index in [-0.39, 0.29) is 10.6 Å². The average Bonchev–Trinajstić information content (AvgIpc) is 2.70. The quantitative estimate of drug-likeness (QED) is 0.844. The van der Waals surface area contributed by atoms with E-state index in [1.165, 1.54) is 18.2 Å². The van der Waals surface area contributed by atoms with Crippen molar-refractivity contribution in [2.75, 3.05) is 5.32 Å². The number of Topliss-reactive ketones (excluding diaryl/α,β-unsaturated/α-hetero) is 1. The van der Waals surface area contributed by atoms with Crippen molar-refractivity contribution in [2.24, 2.45) is 0 Å². The van der Waals surface area contributed by atoms with E-state index in [0.717, 1.165) is 0 Å². The molecule has 6 heteroatoms. The third-order valence-electron chi connectivity index (χ3n) is 3.64. The molecule has 2 N–H and O–H groups in total. The summed E-state index contributed by atoms with van der Waals surface area (Å²) in [7, 11) is 0. The number of benzene rings is 2. The van der Waals surface area contributed by atoms with E-state index in [2.05, 4.69) is 5.32 Å². The second-order valence-corrected chi connectivity index (χ2v) is 5.93. The van der Waals surface area contributed by atoms with Gasteiger partial charge in [0.25, 0.3) is 5.91 Å². The number of fused-ring (bicyclic) bond motifs is 1. The van der Waals surface area contributed by atoms with E-state index in [9.17, 15) is 14.7 Å². The van der Waals surface area contributed by atoms with Crippen LogP contribution in [0.4, 0.5) is 5.69 Å². The van der Waals surface area contributed by atoms with E-state index in [0.29, 0.717) is 16.3 Å². The molecule has 2 aromatic rings. The minimum absolute atomic E-state index is 0.188. The third kappa shape index (κ3) is 2.39. The predicted octanol–water partition coefficient (Wildman–Crippen LogP) is 3.41. The van der Waals surface area contributed by atoms with Crippen LogP contribution in [-0.2, 0) is 10.4 Å². The Balaban J connectivity index is 1.95. The standard InChI is InChI=1S/C16H11Cl2NO3/c17-9-5-6-10(12(18)7-9)14(20)8-16(22)11-3-1-2-4-13(11)19-15(16)21/h1-7,22H,8H2,(H,19,21)/t16-/m1/s1. The fourth-order valence-corrected chi connectivity index (χ4v) is 3.03. The number of anilines is 1. The highest BCUT2D eigenvalue weighted by Crippen LogP contribution is 2.39. The fraction of sp³-hybridized carbons (Fsp3) is 0.125. The average molecular weight is 336 g/mol. The van der Waals surface area contributed by atoms with Gasteiger partial charge in [0.05, 0.1) is 11.4 Å². The van der Waals surface area contributed by atoms with Gasteiger partial charge in [0.15, 0.2) is 11.4 Å². The molecular weight excluding hydrogens is 325 g/mol. The SMILES string of the molecule is O=C(C[C@]1(O)C(=O)Nc2ccccc21)c1ccc(Cl)cc1Cl. The molecule has 0 fully saturated rings. The molecule has 1 amide bonds. The van der Waals surface area contributed by atoms with Crippen LogP contribution in [0.5, 0.6) is 0 Å². The van der Waals surface area contributed by atoms with E-state index in [1.54, 1.807) is 24.3 Å². The van der Waals surface area contributed by atoms with Gasteiger partial charge in [0, 0.05) is 21.8 Å². The first-order valence-corrected chi connectivity index (χ1v) is 7.29. The Morgan fingerprint density at radius 3 is 2.64 bits per heavy atom. The lowest BCUT2D eigenvalue weighted by molar-refractivity contribution is -0.133. The lowest BCUT2D eigenvalue weighted by atomic mass is 9.88. The molecule has 1 aliphatic heterocycles. The minimum atomic E-state index is -1.89. The Hall–Kier alpha value is -1.88. The number of amides is 1. The molecule has 3 rings (SSSR count). The van der Waals surface area contributed by atoms with Crippen LogP contribution in [0.2, 0.25) is 10.0 Å². The van der Waals surface area contributed by atoms with Gasteiger partial charge < -0.3 is 10.4 Å². The molecule has 22 heavy (non-hydrogen) atoms. The van der Waals surface area contributed by atoms with Crippen LogP contribution in [0.3, 0.4) is 0 Å². The Morgan fingerprint density at radius 1 is 1.18 bits per heavy atom. The van der Waals surface area contributed by atoms with E-state index in [1.807, 2.05) is 0 Å². The summed E-state index contributed by atoms with van der Waals surface area (Å²) < 4.78 is 0. The first-order chi connectivity index (χ1) is 10.4. The van der Waals surface area contributed by atoms with Crippen LogP contribution < -0.4 is 5.32 Å². The number of aliphatic hydroxyl groups is 1. The highest BCUT2D eigenvalue weighted by atomic mass is 35.5. The lowest BCUT2D eigenvalue weighted by Gasteiger charge is -2.20. The fourth-order valence-electron chi connectivity index (χ4n) is 2.52. The number of hydrogen-bond acceptors (Lipinski definition) is 3. The van der Waals surface area contributed by atoms with Gasteiger partial charge in [0.1, 0.15) is 0 Å². The number of rotatable bonds is 3. The summed E-state index contributed by atoms with van der Waals surface area (Å²) in [6.45, 7) is 0. The first kappa shape index (κ1) is 15.0.